The third-order valence-electron chi connectivity index (χ3n) is 15.2. The molecule has 380 valence electrons. The van der Waals surface area contributed by atoms with Crippen LogP contribution < -0.4 is 20.7 Å². The zero-order valence-corrected chi connectivity index (χ0v) is 41.6. The number of H-pyrrole nitrogens is 3. The standard InChI is InChI=1S/C54H57N13O7/c1-27-20-30-8-4-15-39(30)45(58-54-59-46(62-67-54)49(68)71-3)42(27)34-16-18-55-41(25-34)72-19-17-28(2)74-51(70)48-61-53(66-64-48)57-44-38-14-7-11-33(38)24-35-21-29(22-40(35)44)26-73-50(69)47-60-52(65-63-47)56-43-36-12-5-9-31(36)23-32-10-6-13-37(32)43/h16,18,20,23-25,28-29H,4-15,17,19,21-22,26H2,1-3H3,(H2,56,60,63,65)(H2,57,61,64,66)(H2,58,59,62,67). The van der Waals surface area contributed by atoms with Crippen molar-refractivity contribution in [1.29, 1.82) is 0 Å². The molecule has 5 aliphatic rings. The zero-order chi connectivity index (χ0) is 50.5. The minimum absolute atomic E-state index is 0.00533. The number of nitrogens with zero attached hydrogens (tertiary/aromatic N) is 7. The lowest BCUT2D eigenvalue weighted by atomic mass is 9.93. The second-order valence-electron chi connectivity index (χ2n) is 20.0. The van der Waals surface area contributed by atoms with Crippen molar-refractivity contribution in [2.24, 2.45) is 5.92 Å². The lowest BCUT2D eigenvalue weighted by molar-refractivity contribution is 0.0281. The minimum atomic E-state index is -0.637. The Labute approximate surface area is 426 Å². The molecule has 5 aliphatic carbocycles. The van der Waals surface area contributed by atoms with Crippen LogP contribution in [0.1, 0.15) is 132 Å². The topological polar surface area (TPSA) is 262 Å². The van der Waals surface area contributed by atoms with Crippen LogP contribution in [-0.4, -0.2) is 94.9 Å². The van der Waals surface area contributed by atoms with E-state index in [1.165, 1.54) is 57.2 Å². The van der Waals surface area contributed by atoms with Crippen molar-refractivity contribution in [2.75, 3.05) is 36.3 Å². The Balaban J connectivity index is 0.650. The van der Waals surface area contributed by atoms with Gasteiger partial charge in [-0.3, -0.25) is 15.3 Å². The van der Waals surface area contributed by atoms with Crippen molar-refractivity contribution >= 4 is 52.8 Å². The smallest absolute Gasteiger partial charge is 0.376 e. The molecule has 74 heavy (non-hydrogen) atoms. The normalized spacial score (nSPS) is 16.2. The zero-order valence-electron chi connectivity index (χ0n) is 41.6. The van der Waals surface area contributed by atoms with Gasteiger partial charge in [-0.25, -0.2) is 19.4 Å². The molecule has 0 amide bonds. The van der Waals surface area contributed by atoms with Crippen LogP contribution in [0.15, 0.2) is 36.5 Å². The van der Waals surface area contributed by atoms with E-state index >= 15 is 0 Å². The SMILES string of the molecule is COC(=O)c1nc(Nc2c3c(cc(C)c2-c2ccnc(OCCC(C)OC(=O)c4nc(Nc5c6c(cc7c5CC(COC(=O)c5nc(Nc8c9c(cc%10c8CCC%10)CCC9)n[nH]5)C7)CCC6)n[nH]4)c2)CCC3)n[nH]1. The first-order valence-electron chi connectivity index (χ1n) is 25.7. The summed E-state index contributed by atoms with van der Waals surface area (Å²) in [6.45, 7) is 4.32. The number of aryl methyl sites for hydroxylation is 5. The molecule has 0 saturated carbocycles. The molecule has 4 aromatic heterocycles. The maximum absolute atomic E-state index is 13.4. The number of hydrogen-bond donors (Lipinski definition) is 6. The number of rotatable bonds is 17. The Morgan fingerprint density at radius 2 is 1.16 bits per heavy atom. The second kappa shape index (κ2) is 19.7. The van der Waals surface area contributed by atoms with E-state index in [1.54, 1.807) is 13.1 Å². The second-order valence-corrected chi connectivity index (χ2v) is 20.0. The lowest BCUT2D eigenvalue weighted by Gasteiger charge is -2.19. The molecule has 20 heteroatoms. The molecule has 3 aromatic carbocycles. The molecule has 0 bridgehead atoms. The molecule has 4 heterocycles. The van der Waals surface area contributed by atoms with Crippen molar-refractivity contribution in [3.63, 3.8) is 0 Å². The largest absolute Gasteiger partial charge is 0.477 e. The van der Waals surface area contributed by atoms with Crippen LogP contribution in [0.5, 0.6) is 5.88 Å². The van der Waals surface area contributed by atoms with Crippen LogP contribution in [0.25, 0.3) is 11.1 Å². The first kappa shape index (κ1) is 46.9. The van der Waals surface area contributed by atoms with E-state index in [1.807, 2.05) is 12.1 Å². The summed E-state index contributed by atoms with van der Waals surface area (Å²) in [7, 11) is 1.29. The minimum Gasteiger partial charge on any atom is -0.477 e. The van der Waals surface area contributed by atoms with Crippen molar-refractivity contribution in [1.82, 2.24) is 50.5 Å². The molecule has 0 fully saturated rings. The fourth-order valence-corrected chi connectivity index (χ4v) is 11.8. The van der Waals surface area contributed by atoms with Crippen LogP contribution in [0.3, 0.4) is 0 Å². The van der Waals surface area contributed by atoms with Gasteiger partial charge >= 0.3 is 17.9 Å². The highest BCUT2D eigenvalue weighted by Crippen LogP contribution is 2.44. The molecule has 6 N–H and O–H groups in total. The third-order valence-corrected chi connectivity index (χ3v) is 15.2. The molecular formula is C54H57N13O7. The van der Waals surface area contributed by atoms with Gasteiger partial charge in [-0.05, 0) is 177 Å². The summed E-state index contributed by atoms with van der Waals surface area (Å²) < 4.78 is 22.5. The highest BCUT2D eigenvalue weighted by atomic mass is 16.5. The monoisotopic (exact) mass is 999 g/mol. The van der Waals surface area contributed by atoms with E-state index in [0.717, 1.165) is 123 Å². The number of aromatic nitrogens is 10. The number of pyridine rings is 1. The number of carbonyl (C=O) groups excluding carboxylic acids is 3. The molecule has 12 rings (SSSR count). The Morgan fingerprint density at radius 1 is 0.635 bits per heavy atom. The van der Waals surface area contributed by atoms with Gasteiger partial charge in [-0.15, -0.1) is 15.3 Å². The molecular weight excluding hydrogens is 943 g/mol. The first-order valence-corrected chi connectivity index (χ1v) is 25.7. The summed E-state index contributed by atoms with van der Waals surface area (Å²) in [5, 5.41) is 31.4. The van der Waals surface area contributed by atoms with Gasteiger partial charge in [0.25, 0.3) is 0 Å². The molecule has 0 radical (unpaired) electrons. The Hall–Kier alpha value is -8.16. The summed E-state index contributed by atoms with van der Waals surface area (Å²) in [4.78, 5) is 56.5. The Kier molecular flexibility index (Phi) is 12.5. The Bertz CT molecular complexity index is 3330. The molecule has 20 nitrogen and oxygen atoms in total. The number of nitrogens with one attached hydrogen (secondary N) is 6. The lowest BCUT2D eigenvalue weighted by Crippen LogP contribution is -2.19. The van der Waals surface area contributed by atoms with Gasteiger partial charge in [-0.1, -0.05) is 18.2 Å². The number of fused-ring (bicyclic) bond motifs is 5. The molecule has 0 spiro atoms. The predicted molar refractivity (Wildman–Crippen MR) is 272 cm³/mol. The summed E-state index contributed by atoms with van der Waals surface area (Å²) in [5.74, 6) is -0.352. The van der Waals surface area contributed by atoms with Gasteiger partial charge in [-0.2, -0.15) is 15.0 Å². The number of hydrogen-bond acceptors (Lipinski definition) is 17. The van der Waals surface area contributed by atoms with Gasteiger partial charge in [0.15, 0.2) is 0 Å². The number of carbonyl (C=O) groups is 3. The molecule has 0 saturated heterocycles. The van der Waals surface area contributed by atoms with Crippen molar-refractivity contribution < 1.29 is 33.3 Å². The van der Waals surface area contributed by atoms with Gasteiger partial charge in [0.2, 0.25) is 41.2 Å². The summed E-state index contributed by atoms with van der Waals surface area (Å²) in [5.41, 5.74) is 18.7. The molecule has 7 aromatic rings. The quantitative estimate of drug-likeness (QED) is 0.0373. The predicted octanol–water partition coefficient (Wildman–Crippen LogP) is 7.97. The van der Waals surface area contributed by atoms with Crippen LogP contribution in [0.2, 0.25) is 0 Å². The highest BCUT2D eigenvalue weighted by Gasteiger charge is 2.32. The average molecular weight is 1000 g/mol. The van der Waals surface area contributed by atoms with E-state index < -0.39 is 24.0 Å². The van der Waals surface area contributed by atoms with E-state index in [9.17, 15) is 14.4 Å². The summed E-state index contributed by atoms with van der Waals surface area (Å²) in [6, 6.07) is 10.7. The number of esters is 3. The van der Waals surface area contributed by atoms with E-state index in [2.05, 4.69) is 91.6 Å². The van der Waals surface area contributed by atoms with E-state index in [4.69, 9.17) is 18.9 Å². The summed E-state index contributed by atoms with van der Waals surface area (Å²) in [6.07, 6.45) is 15.4. The van der Waals surface area contributed by atoms with Crippen molar-refractivity contribution in [2.45, 2.75) is 116 Å². The number of benzene rings is 3. The average Bonchev–Trinajstić information content (AvgIpc) is 4.25. The highest BCUT2D eigenvalue weighted by molar-refractivity contribution is 5.89. The number of anilines is 6. The van der Waals surface area contributed by atoms with Crippen molar-refractivity contribution in [3.05, 3.63) is 115 Å². The van der Waals surface area contributed by atoms with Crippen LogP contribution >= 0.6 is 0 Å². The van der Waals surface area contributed by atoms with Gasteiger partial charge in [0.1, 0.15) is 6.10 Å². The fourth-order valence-electron chi connectivity index (χ4n) is 11.8. The van der Waals surface area contributed by atoms with Crippen LogP contribution in [-0.2, 0) is 78.4 Å². The molecule has 0 aliphatic heterocycles. The van der Waals surface area contributed by atoms with E-state index in [-0.39, 0.29) is 48.5 Å². The van der Waals surface area contributed by atoms with Gasteiger partial charge in [0, 0.05) is 41.5 Å². The number of aromatic amines is 3. The molecule has 2 atom stereocenters. The molecule has 2 unspecified atom stereocenters. The van der Waals surface area contributed by atoms with Crippen molar-refractivity contribution in [3.8, 4) is 17.0 Å². The van der Waals surface area contributed by atoms with Gasteiger partial charge in [0.05, 0.1) is 26.0 Å². The Morgan fingerprint density at radius 3 is 1.77 bits per heavy atom. The number of methoxy groups -OCH3 is 1. The number of ether oxygens (including phenoxy) is 4. The first-order chi connectivity index (χ1) is 36.1. The summed E-state index contributed by atoms with van der Waals surface area (Å²) >= 11 is 0. The maximum Gasteiger partial charge on any atom is 0.376 e. The van der Waals surface area contributed by atoms with Crippen LogP contribution in [0.4, 0.5) is 34.9 Å². The van der Waals surface area contributed by atoms with Crippen LogP contribution in [0, 0.1) is 12.8 Å². The van der Waals surface area contributed by atoms with E-state index in [0.29, 0.717) is 24.7 Å². The fraction of sp³-hybridized carbons (Fsp3) is 0.407. The maximum atomic E-state index is 13.4. The van der Waals surface area contributed by atoms with Gasteiger partial charge < -0.3 is 34.9 Å². The third kappa shape index (κ3) is 9.17.